The number of piperidine rings is 1. The molecule has 5 nitrogen and oxygen atoms in total. The molecule has 0 radical (unpaired) electrons. The van der Waals surface area contributed by atoms with Crippen molar-refractivity contribution in [2.45, 2.75) is 25.9 Å². The zero-order valence-corrected chi connectivity index (χ0v) is 13.7. The maximum Gasteiger partial charge on any atom is 0.433 e. The first-order valence-corrected chi connectivity index (χ1v) is 7.77. The van der Waals surface area contributed by atoms with Crippen LogP contribution in [0.3, 0.4) is 0 Å². The van der Waals surface area contributed by atoms with Crippen LogP contribution in [0, 0.1) is 5.92 Å². The molecule has 0 aromatic carbocycles. The second kappa shape index (κ2) is 7.33. The summed E-state index contributed by atoms with van der Waals surface area (Å²) in [7, 11) is 3.33. The summed E-state index contributed by atoms with van der Waals surface area (Å²) in [4.78, 5) is 11.4. The van der Waals surface area contributed by atoms with Crippen molar-refractivity contribution in [2.75, 3.05) is 50.2 Å². The zero-order chi connectivity index (χ0) is 17.0. The van der Waals surface area contributed by atoms with Crippen molar-refractivity contribution in [2.24, 2.45) is 5.92 Å². The van der Waals surface area contributed by atoms with Gasteiger partial charge < -0.3 is 14.5 Å². The molecule has 1 saturated heterocycles. The van der Waals surface area contributed by atoms with Crippen LogP contribution in [0.15, 0.2) is 6.07 Å². The summed E-state index contributed by atoms with van der Waals surface area (Å²) in [6.07, 6.45) is -2.58. The first-order valence-electron chi connectivity index (χ1n) is 7.77. The van der Waals surface area contributed by atoms with Crippen molar-refractivity contribution in [1.82, 2.24) is 9.97 Å². The first kappa shape index (κ1) is 17.8. The van der Waals surface area contributed by atoms with Crippen molar-refractivity contribution in [3.63, 3.8) is 0 Å². The fraction of sp³-hybridized carbons (Fsp3) is 0.733. The molecule has 8 heteroatoms. The van der Waals surface area contributed by atoms with E-state index in [0.29, 0.717) is 32.2 Å². The normalized spacial score (nSPS) is 19.0. The van der Waals surface area contributed by atoms with Crippen LogP contribution < -0.4 is 9.80 Å². The van der Waals surface area contributed by atoms with Gasteiger partial charge in [-0.2, -0.15) is 18.2 Å². The molecule has 0 aliphatic carbocycles. The molecule has 0 bridgehead atoms. The summed E-state index contributed by atoms with van der Waals surface area (Å²) in [6.45, 7) is 4.47. The topological polar surface area (TPSA) is 41.5 Å². The van der Waals surface area contributed by atoms with Crippen LogP contribution in [0.25, 0.3) is 0 Å². The smallest absolute Gasteiger partial charge is 0.381 e. The Hall–Kier alpha value is -1.57. The van der Waals surface area contributed by atoms with Crippen molar-refractivity contribution in [1.29, 1.82) is 0 Å². The lowest BCUT2D eigenvalue weighted by Gasteiger charge is -2.33. The summed E-state index contributed by atoms with van der Waals surface area (Å²) in [5.74, 6) is 0.698. The van der Waals surface area contributed by atoms with Gasteiger partial charge in [-0.05, 0) is 25.7 Å². The molecule has 1 aromatic rings. The van der Waals surface area contributed by atoms with E-state index in [2.05, 4.69) is 9.97 Å². The minimum atomic E-state index is -4.48. The molecule has 0 saturated carbocycles. The molecule has 2 rings (SSSR count). The summed E-state index contributed by atoms with van der Waals surface area (Å²) in [5.41, 5.74) is -0.905. The second-order valence-corrected chi connectivity index (χ2v) is 5.92. The number of ether oxygens (including phenoxy) is 1. The monoisotopic (exact) mass is 332 g/mol. The van der Waals surface area contributed by atoms with Gasteiger partial charge in [0.25, 0.3) is 0 Å². The molecule has 23 heavy (non-hydrogen) atoms. The number of nitrogens with zero attached hydrogens (tertiary/aromatic N) is 4. The Morgan fingerprint density at radius 2 is 2.09 bits per heavy atom. The van der Waals surface area contributed by atoms with E-state index >= 15 is 0 Å². The highest BCUT2D eigenvalue weighted by molar-refractivity contribution is 5.45. The van der Waals surface area contributed by atoms with Gasteiger partial charge in [0.1, 0.15) is 5.82 Å². The molecular weight excluding hydrogens is 309 g/mol. The molecule has 0 amide bonds. The average Bonchev–Trinajstić information content (AvgIpc) is 2.52. The number of rotatable bonds is 5. The molecule has 1 atom stereocenters. The van der Waals surface area contributed by atoms with Gasteiger partial charge in [-0.3, -0.25) is 0 Å². The number of halogens is 3. The van der Waals surface area contributed by atoms with Crippen molar-refractivity contribution < 1.29 is 17.9 Å². The van der Waals surface area contributed by atoms with E-state index in [1.54, 1.807) is 19.0 Å². The third kappa shape index (κ3) is 4.70. The molecule has 2 heterocycles. The van der Waals surface area contributed by atoms with E-state index in [0.717, 1.165) is 18.9 Å². The van der Waals surface area contributed by atoms with Gasteiger partial charge in [0, 0.05) is 39.9 Å². The maximum atomic E-state index is 13.1. The van der Waals surface area contributed by atoms with E-state index in [4.69, 9.17) is 4.74 Å². The molecule has 1 aliphatic rings. The minimum Gasteiger partial charge on any atom is -0.381 e. The van der Waals surface area contributed by atoms with E-state index < -0.39 is 11.9 Å². The van der Waals surface area contributed by atoms with Crippen LogP contribution in [0.4, 0.5) is 24.9 Å². The van der Waals surface area contributed by atoms with Crippen LogP contribution >= 0.6 is 0 Å². The number of anilines is 2. The SMILES string of the molecule is CCOCC1CCCN(c2nc(N(C)C)cc(C(F)(F)F)n2)C1. The fourth-order valence-electron chi connectivity index (χ4n) is 2.61. The molecule has 1 fully saturated rings. The fourth-order valence-corrected chi connectivity index (χ4v) is 2.61. The Labute approximate surface area is 134 Å². The first-order chi connectivity index (χ1) is 10.8. The third-order valence-corrected chi connectivity index (χ3v) is 3.81. The maximum absolute atomic E-state index is 13.1. The Morgan fingerprint density at radius 3 is 2.70 bits per heavy atom. The van der Waals surface area contributed by atoms with Crippen LogP contribution in [0.1, 0.15) is 25.5 Å². The molecule has 1 aliphatic heterocycles. The molecule has 130 valence electrons. The van der Waals surface area contributed by atoms with Gasteiger partial charge in [0.15, 0.2) is 5.69 Å². The summed E-state index contributed by atoms with van der Waals surface area (Å²) >= 11 is 0. The minimum absolute atomic E-state index is 0.143. The van der Waals surface area contributed by atoms with Gasteiger partial charge in [-0.25, -0.2) is 4.98 Å². The highest BCUT2D eigenvalue weighted by Gasteiger charge is 2.35. The Bertz CT molecular complexity index is 522. The van der Waals surface area contributed by atoms with Crippen LogP contribution in [-0.4, -0.2) is 50.4 Å². The molecule has 0 N–H and O–H groups in total. The summed E-state index contributed by atoms with van der Waals surface area (Å²) in [6, 6.07) is 0.977. The summed E-state index contributed by atoms with van der Waals surface area (Å²) in [5, 5.41) is 0. The molecule has 1 aromatic heterocycles. The van der Waals surface area contributed by atoms with Gasteiger partial charge in [-0.15, -0.1) is 0 Å². The zero-order valence-electron chi connectivity index (χ0n) is 13.7. The number of hydrogen-bond donors (Lipinski definition) is 0. The highest BCUT2D eigenvalue weighted by atomic mass is 19.4. The second-order valence-electron chi connectivity index (χ2n) is 5.92. The number of hydrogen-bond acceptors (Lipinski definition) is 5. The van der Waals surface area contributed by atoms with E-state index in [1.807, 2.05) is 11.8 Å². The molecular formula is C15H23F3N4O. The van der Waals surface area contributed by atoms with Crippen LogP contribution in [0.5, 0.6) is 0 Å². The number of aromatic nitrogens is 2. The number of alkyl halides is 3. The lowest BCUT2D eigenvalue weighted by molar-refractivity contribution is -0.141. The van der Waals surface area contributed by atoms with Gasteiger partial charge in [-0.1, -0.05) is 0 Å². The quantitative estimate of drug-likeness (QED) is 0.829. The predicted molar refractivity (Wildman–Crippen MR) is 82.8 cm³/mol. The predicted octanol–water partition coefficient (Wildman–Crippen LogP) is 2.81. The van der Waals surface area contributed by atoms with E-state index in [9.17, 15) is 13.2 Å². The van der Waals surface area contributed by atoms with Gasteiger partial charge in [0.2, 0.25) is 5.95 Å². The van der Waals surface area contributed by atoms with Gasteiger partial charge in [0.05, 0.1) is 6.61 Å². The Kier molecular flexibility index (Phi) is 5.67. The standard InChI is InChI=1S/C15H23F3N4O/c1-4-23-10-11-6-5-7-22(9-11)14-19-12(15(16,17)18)8-13(20-14)21(2)3/h8,11H,4-7,9-10H2,1-3H3. The summed E-state index contributed by atoms with van der Waals surface area (Å²) < 4.78 is 44.7. The van der Waals surface area contributed by atoms with E-state index in [-0.39, 0.29) is 11.8 Å². The van der Waals surface area contributed by atoms with Crippen LogP contribution in [0.2, 0.25) is 0 Å². The van der Waals surface area contributed by atoms with Crippen LogP contribution in [-0.2, 0) is 10.9 Å². The molecule has 1 unspecified atom stereocenters. The Balaban J connectivity index is 2.25. The molecule has 0 spiro atoms. The largest absolute Gasteiger partial charge is 0.433 e. The van der Waals surface area contributed by atoms with Gasteiger partial charge >= 0.3 is 6.18 Å². The highest BCUT2D eigenvalue weighted by Crippen LogP contribution is 2.31. The lowest BCUT2D eigenvalue weighted by Crippen LogP contribution is -2.38. The van der Waals surface area contributed by atoms with Crippen molar-refractivity contribution in [3.05, 3.63) is 11.8 Å². The van der Waals surface area contributed by atoms with E-state index in [1.165, 1.54) is 0 Å². The van der Waals surface area contributed by atoms with Crippen molar-refractivity contribution in [3.8, 4) is 0 Å². The Morgan fingerprint density at radius 1 is 1.35 bits per heavy atom. The lowest BCUT2D eigenvalue weighted by atomic mass is 9.99. The average molecular weight is 332 g/mol. The van der Waals surface area contributed by atoms with Crippen molar-refractivity contribution >= 4 is 11.8 Å². The third-order valence-electron chi connectivity index (χ3n) is 3.81.